The predicted octanol–water partition coefficient (Wildman–Crippen LogP) is 0.674. The van der Waals surface area contributed by atoms with E-state index in [1.165, 1.54) is 7.11 Å². The summed E-state index contributed by atoms with van der Waals surface area (Å²) in [5.74, 6) is -0.0657. The van der Waals surface area contributed by atoms with Gasteiger partial charge < -0.3 is 19.7 Å². The minimum absolute atomic E-state index is 0.0593. The molecule has 1 atom stereocenters. The number of hydrogen-bond acceptors (Lipinski definition) is 8. The van der Waals surface area contributed by atoms with Crippen LogP contribution in [-0.4, -0.2) is 58.3 Å². The lowest BCUT2D eigenvalue weighted by Crippen LogP contribution is -2.40. The lowest BCUT2D eigenvalue weighted by atomic mass is 9.91. The van der Waals surface area contributed by atoms with Crippen LogP contribution < -0.4 is 5.32 Å². The molecule has 9 heteroatoms. The third-order valence-electron chi connectivity index (χ3n) is 5.04. The first kappa shape index (κ1) is 20.9. The van der Waals surface area contributed by atoms with E-state index in [9.17, 15) is 14.7 Å². The number of likely N-dealkylation sites (tertiary alicyclic amines) is 1. The maximum Gasteiger partial charge on any atom is 0.334 e. The van der Waals surface area contributed by atoms with Crippen molar-refractivity contribution in [1.82, 2.24) is 20.4 Å². The van der Waals surface area contributed by atoms with Gasteiger partial charge in [0.15, 0.2) is 11.9 Å². The van der Waals surface area contributed by atoms with Crippen LogP contribution >= 0.6 is 0 Å². The highest BCUT2D eigenvalue weighted by Gasteiger charge is 2.30. The van der Waals surface area contributed by atoms with Crippen LogP contribution in [0.3, 0.4) is 0 Å². The molecule has 0 spiro atoms. The Kier molecular flexibility index (Phi) is 7.31. The van der Waals surface area contributed by atoms with Crippen molar-refractivity contribution in [2.24, 2.45) is 5.92 Å². The van der Waals surface area contributed by atoms with E-state index < -0.39 is 12.1 Å². The van der Waals surface area contributed by atoms with Crippen molar-refractivity contribution < 1.29 is 24.0 Å². The third-order valence-corrected chi connectivity index (χ3v) is 5.04. The number of hydrogen-bond donors (Lipinski definition) is 2. The number of aromatic nitrogens is 2. The molecule has 1 aromatic heterocycles. The van der Waals surface area contributed by atoms with Gasteiger partial charge in [0.1, 0.15) is 0 Å². The van der Waals surface area contributed by atoms with Gasteiger partial charge in [-0.05, 0) is 37.4 Å². The Morgan fingerprint density at radius 1 is 1.31 bits per heavy atom. The number of nitrogens with zero attached hydrogens (tertiary/aromatic N) is 3. The quantitative estimate of drug-likeness (QED) is 0.619. The zero-order chi connectivity index (χ0) is 20.6. The molecule has 0 saturated carbocycles. The van der Waals surface area contributed by atoms with E-state index in [1.54, 1.807) is 0 Å². The summed E-state index contributed by atoms with van der Waals surface area (Å²) in [6.45, 7) is 2.33. The summed E-state index contributed by atoms with van der Waals surface area (Å²) in [5, 5.41) is 16.7. The highest BCUT2D eigenvalue weighted by molar-refractivity contribution is 5.77. The number of methoxy groups -OCH3 is 1. The lowest BCUT2D eigenvalue weighted by Gasteiger charge is -2.32. The molecule has 3 rings (SSSR count). The van der Waals surface area contributed by atoms with Crippen molar-refractivity contribution in [3.05, 3.63) is 47.6 Å². The highest BCUT2D eigenvalue weighted by Crippen LogP contribution is 2.22. The summed E-state index contributed by atoms with van der Waals surface area (Å²) < 4.78 is 9.85. The van der Waals surface area contributed by atoms with Crippen LogP contribution in [0.2, 0.25) is 0 Å². The van der Waals surface area contributed by atoms with Crippen LogP contribution in [0.5, 0.6) is 0 Å². The highest BCUT2D eigenvalue weighted by atomic mass is 16.5. The first-order valence-corrected chi connectivity index (χ1v) is 9.65. The van der Waals surface area contributed by atoms with E-state index in [0.717, 1.165) is 5.56 Å². The van der Waals surface area contributed by atoms with Gasteiger partial charge in [-0.1, -0.05) is 35.5 Å². The molecule has 29 heavy (non-hydrogen) atoms. The SMILES string of the molecule is COC(=O)C(O)C1CCN(Cc2nc(CC(=O)NCc3ccccc3)no2)CC1. The number of carbonyl (C=O) groups excluding carboxylic acids is 2. The van der Waals surface area contributed by atoms with Gasteiger partial charge in [0.2, 0.25) is 11.8 Å². The molecular weight excluding hydrogens is 376 g/mol. The number of ether oxygens (including phenoxy) is 1. The fraction of sp³-hybridized carbons (Fsp3) is 0.500. The third kappa shape index (κ3) is 6.10. The van der Waals surface area contributed by atoms with Crippen LogP contribution in [0.15, 0.2) is 34.9 Å². The number of nitrogens with one attached hydrogen (secondary N) is 1. The van der Waals surface area contributed by atoms with Gasteiger partial charge in [0.25, 0.3) is 0 Å². The van der Waals surface area contributed by atoms with Crippen molar-refractivity contribution >= 4 is 11.9 Å². The zero-order valence-electron chi connectivity index (χ0n) is 16.4. The van der Waals surface area contributed by atoms with Crippen LogP contribution in [-0.2, 0) is 33.8 Å². The Morgan fingerprint density at radius 3 is 2.72 bits per heavy atom. The molecule has 1 saturated heterocycles. The molecule has 0 radical (unpaired) electrons. The van der Waals surface area contributed by atoms with E-state index in [-0.39, 0.29) is 18.2 Å². The number of aliphatic hydroxyl groups excluding tert-OH is 1. The minimum atomic E-state index is -1.08. The number of esters is 1. The second-order valence-corrected chi connectivity index (χ2v) is 7.13. The molecule has 2 heterocycles. The first-order chi connectivity index (χ1) is 14.0. The predicted molar refractivity (Wildman–Crippen MR) is 102 cm³/mol. The Morgan fingerprint density at radius 2 is 2.03 bits per heavy atom. The molecule has 9 nitrogen and oxygen atoms in total. The number of amides is 1. The Bertz CT molecular complexity index is 802. The van der Waals surface area contributed by atoms with Gasteiger partial charge in [-0.2, -0.15) is 4.98 Å². The smallest absolute Gasteiger partial charge is 0.334 e. The lowest BCUT2D eigenvalue weighted by molar-refractivity contribution is -0.154. The Labute approximate surface area is 169 Å². The average molecular weight is 402 g/mol. The normalized spacial score (nSPS) is 16.3. The summed E-state index contributed by atoms with van der Waals surface area (Å²) in [6, 6.07) is 9.66. The number of piperidine rings is 1. The number of carbonyl (C=O) groups is 2. The van der Waals surface area contributed by atoms with Crippen molar-refractivity contribution in [3.63, 3.8) is 0 Å². The molecule has 1 aromatic carbocycles. The van der Waals surface area contributed by atoms with Crippen LogP contribution in [0.25, 0.3) is 0 Å². The van der Waals surface area contributed by atoms with Gasteiger partial charge in [-0.15, -0.1) is 0 Å². The van der Waals surface area contributed by atoms with Crippen molar-refractivity contribution in [2.75, 3.05) is 20.2 Å². The number of benzene rings is 1. The number of aliphatic hydroxyl groups is 1. The maximum atomic E-state index is 12.1. The summed E-state index contributed by atoms with van der Waals surface area (Å²) in [5.41, 5.74) is 1.02. The summed E-state index contributed by atoms with van der Waals surface area (Å²) in [6.07, 6.45) is 0.341. The first-order valence-electron chi connectivity index (χ1n) is 9.65. The fourth-order valence-corrected chi connectivity index (χ4v) is 3.36. The molecule has 1 aliphatic rings. The van der Waals surface area contributed by atoms with Crippen LogP contribution in [0.4, 0.5) is 0 Å². The number of rotatable bonds is 8. The van der Waals surface area contributed by atoms with Gasteiger partial charge in [0, 0.05) is 6.54 Å². The molecular formula is C20H26N4O5. The van der Waals surface area contributed by atoms with E-state index in [0.29, 0.717) is 50.7 Å². The fourth-order valence-electron chi connectivity index (χ4n) is 3.36. The summed E-state index contributed by atoms with van der Waals surface area (Å²) in [7, 11) is 1.27. The van der Waals surface area contributed by atoms with Crippen molar-refractivity contribution in [2.45, 2.75) is 38.5 Å². The molecule has 1 unspecified atom stereocenters. The van der Waals surface area contributed by atoms with Crippen molar-refractivity contribution in [1.29, 1.82) is 0 Å². The molecule has 0 aliphatic carbocycles. The maximum absolute atomic E-state index is 12.1. The molecule has 2 N–H and O–H groups in total. The van der Waals surface area contributed by atoms with Gasteiger partial charge in [0.05, 0.1) is 20.1 Å². The summed E-state index contributed by atoms with van der Waals surface area (Å²) in [4.78, 5) is 29.9. The average Bonchev–Trinajstić information content (AvgIpc) is 3.19. The molecule has 1 fully saturated rings. The molecule has 2 aromatic rings. The van der Waals surface area contributed by atoms with Gasteiger partial charge >= 0.3 is 5.97 Å². The van der Waals surface area contributed by atoms with Gasteiger partial charge in [-0.3, -0.25) is 9.69 Å². The van der Waals surface area contributed by atoms with E-state index in [1.807, 2.05) is 30.3 Å². The van der Waals surface area contributed by atoms with Crippen LogP contribution in [0, 0.1) is 5.92 Å². The standard InChI is InChI=1S/C20H26N4O5/c1-28-20(27)19(26)15-7-9-24(10-8-15)13-18-22-16(23-29-18)11-17(25)21-12-14-5-3-2-4-6-14/h2-6,15,19,26H,7-13H2,1H3,(H,21,25). The largest absolute Gasteiger partial charge is 0.467 e. The van der Waals surface area contributed by atoms with E-state index in [4.69, 9.17) is 4.52 Å². The molecule has 0 bridgehead atoms. The topological polar surface area (TPSA) is 118 Å². The molecule has 1 aliphatic heterocycles. The minimum Gasteiger partial charge on any atom is -0.467 e. The summed E-state index contributed by atoms with van der Waals surface area (Å²) >= 11 is 0. The molecule has 156 valence electrons. The zero-order valence-corrected chi connectivity index (χ0v) is 16.4. The second-order valence-electron chi connectivity index (χ2n) is 7.13. The van der Waals surface area contributed by atoms with E-state index in [2.05, 4.69) is 25.1 Å². The Balaban J connectivity index is 1.41. The second kappa shape index (κ2) is 10.1. The van der Waals surface area contributed by atoms with Crippen LogP contribution in [0.1, 0.15) is 30.1 Å². The van der Waals surface area contributed by atoms with E-state index >= 15 is 0 Å². The Hall–Kier alpha value is -2.78. The monoisotopic (exact) mass is 402 g/mol. The van der Waals surface area contributed by atoms with Crippen molar-refractivity contribution in [3.8, 4) is 0 Å². The molecule has 1 amide bonds. The van der Waals surface area contributed by atoms with Gasteiger partial charge in [-0.25, -0.2) is 4.79 Å².